The number of halogens is 3. The van der Waals surface area contributed by atoms with Crippen LogP contribution in [0.4, 0.5) is 13.2 Å². The molecule has 0 amide bonds. The average molecular weight is 461 g/mol. The molecule has 5 heteroatoms. The fourth-order valence-electron chi connectivity index (χ4n) is 6.32. The highest BCUT2D eigenvalue weighted by Gasteiger charge is 2.52. The molecule has 0 N–H and O–H groups in total. The Morgan fingerprint density at radius 2 is 1.70 bits per heavy atom. The van der Waals surface area contributed by atoms with Gasteiger partial charge in [-0.3, -0.25) is 0 Å². The number of benzene rings is 2. The molecule has 7 atom stereocenters. The highest BCUT2D eigenvalue weighted by molar-refractivity contribution is 5.97. The second kappa shape index (κ2) is 10.5. The first-order valence-electron chi connectivity index (χ1n) is 12.5. The van der Waals surface area contributed by atoms with Gasteiger partial charge in [-0.2, -0.15) is 0 Å². The Bertz CT molecular complexity index is 961. The lowest BCUT2D eigenvalue weighted by Gasteiger charge is -2.47. The molecule has 2 aliphatic rings. The number of carbonyl (C=O) groups is 1. The van der Waals surface area contributed by atoms with Gasteiger partial charge in [-0.25, -0.2) is 18.0 Å². The van der Waals surface area contributed by atoms with Gasteiger partial charge < -0.3 is 4.74 Å². The molecule has 2 aliphatic carbocycles. The Morgan fingerprint density at radius 3 is 2.39 bits per heavy atom. The molecule has 2 saturated carbocycles. The molecule has 7 unspecified atom stereocenters. The van der Waals surface area contributed by atoms with E-state index in [2.05, 4.69) is 6.92 Å². The highest BCUT2D eigenvalue weighted by atomic mass is 19.2. The molecular formula is C28H35F3O2. The minimum atomic E-state index is -1.67. The molecule has 0 aromatic heterocycles. The lowest BCUT2D eigenvalue weighted by molar-refractivity contribution is -0.0532. The zero-order chi connectivity index (χ0) is 23.5. The van der Waals surface area contributed by atoms with Gasteiger partial charge in [0, 0.05) is 11.8 Å². The summed E-state index contributed by atoms with van der Waals surface area (Å²) >= 11 is 0. The molecule has 0 radical (unpaired) electrons. The third-order valence-electron chi connectivity index (χ3n) is 7.93. The van der Waals surface area contributed by atoms with Crippen molar-refractivity contribution in [1.82, 2.24) is 0 Å². The molecule has 33 heavy (non-hydrogen) atoms. The molecule has 0 aliphatic heterocycles. The summed E-state index contributed by atoms with van der Waals surface area (Å²) in [5.41, 5.74) is 0.470. The zero-order valence-electron chi connectivity index (χ0n) is 19.6. The normalized spacial score (nSPS) is 31.8. The van der Waals surface area contributed by atoms with Crippen LogP contribution in [0.1, 0.15) is 80.1 Å². The number of unbranched alkanes of at least 4 members (excludes halogenated alkanes) is 3. The molecule has 2 fully saturated rings. The standard InChI is InChI=1S/C28H35F3O2/c1-3-4-5-6-9-17-12-20-16-24(30)26(27(31)25(20)23(29)13-17)21-14-18-10-7-8-11-19(18)15-22(21)28(32)33-2/h7-8,10-11,14-15,17,20,23-27H,3-6,9,12-13,16H2,1-2H3. The maximum atomic E-state index is 16.0. The maximum absolute atomic E-state index is 16.0. The van der Waals surface area contributed by atoms with Crippen LogP contribution >= 0.6 is 0 Å². The monoisotopic (exact) mass is 460 g/mol. The Morgan fingerprint density at radius 1 is 0.970 bits per heavy atom. The second-order valence-electron chi connectivity index (χ2n) is 10.0. The van der Waals surface area contributed by atoms with Gasteiger partial charge in [0.05, 0.1) is 12.7 Å². The fraction of sp³-hybridized carbons (Fsp3) is 0.607. The summed E-state index contributed by atoms with van der Waals surface area (Å²) in [7, 11) is 1.26. The van der Waals surface area contributed by atoms with Crippen LogP contribution in [0.15, 0.2) is 36.4 Å². The first-order valence-corrected chi connectivity index (χ1v) is 12.5. The van der Waals surface area contributed by atoms with E-state index in [9.17, 15) is 4.79 Å². The number of ether oxygens (including phenoxy) is 1. The van der Waals surface area contributed by atoms with Crippen LogP contribution in [0, 0.1) is 17.8 Å². The largest absolute Gasteiger partial charge is 0.465 e. The zero-order valence-corrected chi connectivity index (χ0v) is 19.6. The number of alkyl halides is 3. The summed E-state index contributed by atoms with van der Waals surface area (Å²) in [4.78, 5) is 12.5. The van der Waals surface area contributed by atoms with E-state index in [4.69, 9.17) is 4.74 Å². The van der Waals surface area contributed by atoms with Gasteiger partial charge >= 0.3 is 5.97 Å². The minimum Gasteiger partial charge on any atom is -0.465 e. The second-order valence-corrected chi connectivity index (χ2v) is 10.0. The Balaban J connectivity index is 1.60. The van der Waals surface area contributed by atoms with Crippen LogP contribution in [-0.2, 0) is 4.74 Å². The number of rotatable bonds is 7. The van der Waals surface area contributed by atoms with E-state index < -0.39 is 36.3 Å². The first-order chi connectivity index (χ1) is 15.9. The number of carbonyl (C=O) groups excluding carboxylic acids is 1. The lowest BCUT2D eigenvalue weighted by Crippen LogP contribution is -2.49. The van der Waals surface area contributed by atoms with Gasteiger partial charge in [0.15, 0.2) is 0 Å². The van der Waals surface area contributed by atoms with Crippen molar-refractivity contribution in [2.45, 2.75) is 82.7 Å². The van der Waals surface area contributed by atoms with Crippen LogP contribution in [-0.4, -0.2) is 31.6 Å². The summed E-state index contributed by atoms with van der Waals surface area (Å²) in [6.45, 7) is 2.16. The predicted octanol–water partition coefficient (Wildman–Crippen LogP) is 7.74. The van der Waals surface area contributed by atoms with Crippen molar-refractivity contribution < 1.29 is 22.7 Å². The third-order valence-corrected chi connectivity index (χ3v) is 7.93. The molecule has 2 nitrogen and oxygen atoms in total. The van der Waals surface area contributed by atoms with E-state index in [1.807, 2.05) is 24.3 Å². The number of esters is 1. The van der Waals surface area contributed by atoms with E-state index in [1.54, 1.807) is 12.1 Å². The molecule has 0 spiro atoms. The Labute approximate surface area is 194 Å². The molecule has 2 aromatic carbocycles. The van der Waals surface area contributed by atoms with Crippen molar-refractivity contribution in [2.75, 3.05) is 7.11 Å². The van der Waals surface area contributed by atoms with Crippen molar-refractivity contribution in [3.8, 4) is 0 Å². The first kappa shape index (κ1) is 24.1. The molecule has 0 heterocycles. The highest BCUT2D eigenvalue weighted by Crippen LogP contribution is 2.52. The van der Waals surface area contributed by atoms with Crippen LogP contribution in [0.2, 0.25) is 0 Å². The third kappa shape index (κ3) is 4.93. The fourth-order valence-corrected chi connectivity index (χ4v) is 6.32. The maximum Gasteiger partial charge on any atom is 0.338 e. The van der Waals surface area contributed by atoms with Gasteiger partial charge in [0.1, 0.15) is 18.5 Å². The molecule has 2 aromatic rings. The van der Waals surface area contributed by atoms with Crippen LogP contribution in [0.3, 0.4) is 0 Å². The van der Waals surface area contributed by atoms with Crippen molar-refractivity contribution in [3.05, 3.63) is 47.5 Å². The predicted molar refractivity (Wildman–Crippen MR) is 126 cm³/mol. The summed E-state index contributed by atoms with van der Waals surface area (Å²) in [6, 6.07) is 10.7. The summed E-state index contributed by atoms with van der Waals surface area (Å²) < 4.78 is 51.8. The van der Waals surface area contributed by atoms with E-state index >= 15 is 13.2 Å². The Kier molecular flexibility index (Phi) is 7.65. The van der Waals surface area contributed by atoms with Gasteiger partial charge in [-0.15, -0.1) is 0 Å². The van der Waals surface area contributed by atoms with E-state index in [-0.39, 0.29) is 23.8 Å². The van der Waals surface area contributed by atoms with Gasteiger partial charge in [0.2, 0.25) is 0 Å². The Hall–Kier alpha value is -2.04. The molecule has 0 bridgehead atoms. The number of hydrogen-bond donors (Lipinski definition) is 0. The molecule has 4 rings (SSSR count). The van der Waals surface area contributed by atoms with Crippen molar-refractivity contribution in [3.63, 3.8) is 0 Å². The summed E-state index contributed by atoms with van der Waals surface area (Å²) in [5.74, 6) is -2.67. The van der Waals surface area contributed by atoms with Gasteiger partial charge in [-0.05, 0) is 59.6 Å². The van der Waals surface area contributed by atoms with Crippen molar-refractivity contribution in [2.24, 2.45) is 17.8 Å². The quantitative estimate of drug-likeness (QED) is 0.312. The number of hydrogen-bond acceptors (Lipinski definition) is 2. The average Bonchev–Trinajstić information content (AvgIpc) is 2.80. The molecule has 180 valence electrons. The van der Waals surface area contributed by atoms with Crippen LogP contribution in [0.5, 0.6) is 0 Å². The molecule has 0 saturated heterocycles. The SMILES string of the molecule is CCCCCCC1CC(F)C2C(C1)CC(F)C(c1cc3ccccc3cc1C(=O)OC)C2F. The van der Waals surface area contributed by atoms with Gasteiger partial charge in [0.25, 0.3) is 0 Å². The van der Waals surface area contributed by atoms with E-state index in [0.717, 1.165) is 36.5 Å². The van der Waals surface area contributed by atoms with E-state index in [1.165, 1.54) is 13.5 Å². The smallest absolute Gasteiger partial charge is 0.338 e. The van der Waals surface area contributed by atoms with Gasteiger partial charge in [-0.1, -0.05) is 63.3 Å². The van der Waals surface area contributed by atoms with Crippen molar-refractivity contribution in [1.29, 1.82) is 0 Å². The summed E-state index contributed by atoms with van der Waals surface area (Å²) in [6.07, 6.45) is 2.27. The van der Waals surface area contributed by atoms with E-state index in [0.29, 0.717) is 18.4 Å². The number of methoxy groups -OCH3 is 1. The molecular weight excluding hydrogens is 425 g/mol. The lowest BCUT2D eigenvalue weighted by atomic mass is 9.60. The van der Waals surface area contributed by atoms with Crippen LogP contribution < -0.4 is 0 Å². The topological polar surface area (TPSA) is 26.3 Å². The minimum absolute atomic E-state index is 0.148. The van der Waals surface area contributed by atoms with Crippen molar-refractivity contribution >= 4 is 16.7 Å². The number of fused-ring (bicyclic) bond motifs is 2. The van der Waals surface area contributed by atoms with Crippen LogP contribution in [0.25, 0.3) is 10.8 Å². The summed E-state index contributed by atoms with van der Waals surface area (Å²) in [5, 5.41) is 1.60.